The molecule has 0 aliphatic rings. The van der Waals surface area contributed by atoms with Gasteiger partial charge in [0.15, 0.2) is 0 Å². The highest BCUT2D eigenvalue weighted by Crippen LogP contribution is 2.25. The van der Waals surface area contributed by atoms with Crippen molar-refractivity contribution in [2.75, 3.05) is 5.32 Å². The minimum absolute atomic E-state index is 0.0230. The molecule has 0 saturated carbocycles. The lowest BCUT2D eigenvalue weighted by molar-refractivity contribution is -0.387. The van der Waals surface area contributed by atoms with Crippen LogP contribution in [0.15, 0.2) is 36.4 Å². The fourth-order valence-corrected chi connectivity index (χ4v) is 2.11. The SMILES string of the molecule is Cc1ccc(C(C)Nc2ccc([N+](=O)[O-])c(F)c2)cc1C. The molecule has 2 aromatic rings. The normalized spacial score (nSPS) is 12.0. The molecule has 1 atom stereocenters. The van der Waals surface area contributed by atoms with E-state index in [1.54, 1.807) is 0 Å². The van der Waals surface area contributed by atoms with Crippen LogP contribution >= 0.6 is 0 Å². The molecule has 0 saturated heterocycles. The van der Waals surface area contributed by atoms with E-state index >= 15 is 0 Å². The Morgan fingerprint density at radius 1 is 1.14 bits per heavy atom. The molecule has 0 heterocycles. The number of nitrogens with one attached hydrogen (secondary N) is 1. The zero-order valence-corrected chi connectivity index (χ0v) is 12.2. The average molecular weight is 288 g/mol. The molecule has 1 unspecified atom stereocenters. The van der Waals surface area contributed by atoms with Crippen molar-refractivity contribution in [2.24, 2.45) is 0 Å². The van der Waals surface area contributed by atoms with Gasteiger partial charge in [0.05, 0.1) is 4.92 Å². The quantitative estimate of drug-likeness (QED) is 0.664. The van der Waals surface area contributed by atoms with Crippen molar-refractivity contribution in [3.8, 4) is 0 Å². The summed E-state index contributed by atoms with van der Waals surface area (Å²) in [5.41, 5.74) is 3.49. The summed E-state index contributed by atoms with van der Waals surface area (Å²) in [6.45, 7) is 6.05. The third kappa shape index (κ3) is 3.37. The van der Waals surface area contributed by atoms with Crippen LogP contribution in [0.4, 0.5) is 15.8 Å². The molecule has 4 nitrogen and oxygen atoms in total. The van der Waals surface area contributed by atoms with Gasteiger partial charge in [-0.15, -0.1) is 0 Å². The Balaban J connectivity index is 2.19. The van der Waals surface area contributed by atoms with Crippen LogP contribution in [0.2, 0.25) is 0 Å². The zero-order valence-electron chi connectivity index (χ0n) is 12.2. The first-order valence-electron chi connectivity index (χ1n) is 6.66. The summed E-state index contributed by atoms with van der Waals surface area (Å²) in [7, 11) is 0. The molecule has 0 aromatic heterocycles. The first-order chi connectivity index (χ1) is 9.88. The molecule has 1 N–H and O–H groups in total. The molecular formula is C16H17FN2O2. The molecular weight excluding hydrogens is 271 g/mol. The van der Waals surface area contributed by atoms with Gasteiger partial charge in [0.25, 0.3) is 0 Å². The van der Waals surface area contributed by atoms with Crippen LogP contribution in [0.25, 0.3) is 0 Å². The third-order valence-electron chi connectivity index (χ3n) is 3.56. The summed E-state index contributed by atoms with van der Waals surface area (Å²) >= 11 is 0. The Morgan fingerprint density at radius 2 is 1.86 bits per heavy atom. The van der Waals surface area contributed by atoms with Gasteiger partial charge in [0.2, 0.25) is 5.82 Å². The average Bonchev–Trinajstić information content (AvgIpc) is 2.41. The topological polar surface area (TPSA) is 55.2 Å². The van der Waals surface area contributed by atoms with Crippen LogP contribution in [-0.2, 0) is 0 Å². The van der Waals surface area contributed by atoms with Gasteiger partial charge in [-0.3, -0.25) is 10.1 Å². The minimum Gasteiger partial charge on any atom is -0.378 e. The zero-order chi connectivity index (χ0) is 15.6. The standard InChI is InChI=1S/C16H17FN2O2/c1-10-4-5-13(8-11(10)2)12(3)18-14-6-7-16(19(20)21)15(17)9-14/h4-9,12,18H,1-3H3. The fourth-order valence-electron chi connectivity index (χ4n) is 2.11. The lowest BCUT2D eigenvalue weighted by Crippen LogP contribution is -2.07. The summed E-state index contributed by atoms with van der Waals surface area (Å²) in [6.07, 6.45) is 0. The molecule has 2 rings (SSSR count). The number of aryl methyl sites for hydroxylation is 2. The Kier molecular flexibility index (Phi) is 4.21. The van der Waals surface area contributed by atoms with Gasteiger partial charge >= 0.3 is 5.69 Å². The third-order valence-corrected chi connectivity index (χ3v) is 3.56. The van der Waals surface area contributed by atoms with Crippen LogP contribution in [0, 0.1) is 29.8 Å². The summed E-state index contributed by atoms with van der Waals surface area (Å²) in [5.74, 6) is -0.836. The van der Waals surface area contributed by atoms with Gasteiger partial charge in [-0.2, -0.15) is 4.39 Å². The van der Waals surface area contributed by atoms with Gasteiger partial charge in [-0.1, -0.05) is 18.2 Å². The van der Waals surface area contributed by atoms with Crippen molar-refractivity contribution in [3.05, 3.63) is 69.0 Å². The number of anilines is 1. The maximum absolute atomic E-state index is 13.6. The maximum Gasteiger partial charge on any atom is 0.304 e. The molecule has 0 radical (unpaired) electrons. The van der Waals surface area contributed by atoms with Crippen molar-refractivity contribution in [1.82, 2.24) is 0 Å². The number of hydrogen-bond acceptors (Lipinski definition) is 3. The predicted octanol–water partition coefficient (Wildman–Crippen LogP) is 4.52. The molecule has 21 heavy (non-hydrogen) atoms. The predicted molar refractivity (Wildman–Crippen MR) is 81.0 cm³/mol. The number of rotatable bonds is 4. The van der Waals surface area contributed by atoms with E-state index < -0.39 is 16.4 Å². The van der Waals surface area contributed by atoms with Crippen molar-refractivity contribution in [1.29, 1.82) is 0 Å². The fraction of sp³-hybridized carbons (Fsp3) is 0.250. The lowest BCUT2D eigenvalue weighted by Gasteiger charge is -2.17. The van der Waals surface area contributed by atoms with Crippen molar-refractivity contribution < 1.29 is 9.31 Å². The maximum atomic E-state index is 13.6. The van der Waals surface area contributed by atoms with Crippen molar-refractivity contribution >= 4 is 11.4 Å². The largest absolute Gasteiger partial charge is 0.378 e. The van der Waals surface area contributed by atoms with E-state index in [9.17, 15) is 14.5 Å². The van der Waals surface area contributed by atoms with Gasteiger partial charge in [0, 0.05) is 23.9 Å². The Labute approximate surface area is 122 Å². The van der Waals surface area contributed by atoms with Gasteiger partial charge in [0.1, 0.15) is 0 Å². The van der Waals surface area contributed by atoms with Gasteiger partial charge in [-0.25, -0.2) is 0 Å². The number of halogens is 1. The molecule has 0 aliphatic carbocycles. The van der Waals surface area contributed by atoms with Crippen LogP contribution in [0.5, 0.6) is 0 Å². The summed E-state index contributed by atoms with van der Waals surface area (Å²) in [6, 6.07) is 9.94. The van der Waals surface area contributed by atoms with E-state index in [-0.39, 0.29) is 6.04 Å². The van der Waals surface area contributed by atoms with Gasteiger partial charge < -0.3 is 5.32 Å². The highest BCUT2D eigenvalue weighted by Gasteiger charge is 2.15. The monoisotopic (exact) mass is 288 g/mol. The molecule has 0 bridgehead atoms. The molecule has 5 heteroatoms. The summed E-state index contributed by atoms with van der Waals surface area (Å²) < 4.78 is 13.6. The van der Waals surface area contributed by atoms with Crippen molar-refractivity contribution in [2.45, 2.75) is 26.8 Å². The summed E-state index contributed by atoms with van der Waals surface area (Å²) in [5, 5.41) is 13.7. The van der Waals surface area contributed by atoms with E-state index in [0.717, 1.165) is 11.6 Å². The summed E-state index contributed by atoms with van der Waals surface area (Å²) in [4.78, 5) is 9.86. The minimum atomic E-state index is -0.836. The second kappa shape index (κ2) is 5.91. The van der Waals surface area contributed by atoms with Crippen LogP contribution in [0.3, 0.4) is 0 Å². The number of nitrogens with zero attached hydrogens (tertiary/aromatic N) is 1. The highest BCUT2D eigenvalue weighted by atomic mass is 19.1. The smallest absolute Gasteiger partial charge is 0.304 e. The molecule has 0 spiro atoms. The van der Waals surface area contributed by atoms with Gasteiger partial charge in [-0.05, 0) is 43.5 Å². The number of hydrogen-bond donors (Lipinski definition) is 1. The van der Waals surface area contributed by atoms with E-state index in [1.807, 2.05) is 32.9 Å². The second-order valence-corrected chi connectivity index (χ2v) is 5.13. The van der Waals surface area contributed by atoms with Crippen molar-refractivity contribution in [3.63, 3.8) is 0 Å². The van der Waals surface area contributed by atoms with E-state index in [2.05, 4.69) is 11.4 Å². The number of nitro groups is 1. The second-order valence-electron chi connectivity index (χ2n) is 5.13. The Morgan fingerprint density at radius 3 is 2.43 bits per heavy atom. The first-order valence-corrected chi connectivity index (χ1v) is 6.66. The van der Waals surface area contributed by atoms with E-state index in [4.69, 9.17) is 0 Å². The van der Waals surface area contributed by atoms with Crippen LogP contribution in [-0.4, -0.2) is 4.92 Å². The first kappa shape index (κ1) is 15.0. The Bertz CT molecular complexity index is 686. The number of nitro benzene ring substituents is 1. The number of benzene rings is 2. The molecule has 0 fully saturated rings. The molecule has 0 amide bonds. The molecule has 0 aliphatic heterocycles. The van der Waals surface area contributed by atoms with Crippen LogP contribution < -0.4 is 5.32 Å². The van der Waals surface area contributed by atoms with E-state index in [1.165, 1.54) is 23.3 Å². The molecule has 2 aromatic carbocycles. The lowest BCUT2D eigenvalue weighted by atomic mass is 10.0. The van der Waals surface area contributed by atoms with E-state index in [0.29, 0.717) is 5.69 Å². The van der Waals surface area contributed by atoms with Crippen LogP contribution in [0.1, 0.15) is 29.7 Å². The Hall–Kier alpha value is -2.43. The molecule has 110 valence electrons. The highest BCUT2D eigenvalue weighted by molar-refractivity contribution is 5.51.